The first-order chi connectivity index (χ1) is 11.0. The minimum atomic E-state index is -0.981. The maximum absolute atomic E-state index is 12.2. The standard InChI is InChI=1S/C17H20N2O4/c20-14-2-1-9-19(14)10-11-3-5-13(6-4-11)16(21)18-15(17(22)23)12-7-8-12/h3-6,12,15H,1-2,7-10H2,(H,18,21)(H,22,23). The second kappa shape index (κ2) is 6.40. The summed E-state index contributed by atoms with van der Waals surface area (Å²) >= 11 is 0. The Morgan fingerprint density at radius 1 is 1.26 bits per heavy atom. The molecule has 1 aliphatic carbocycles. The van der Waals surface area contributed by atoms with Gasteiger partial charge in [-0.05, 0) is 42.9 Å². The largest absolute Gasteiger partial charge is 0.480 e. The van der Waals surface area contributed by atoms with Gasteiger partial charge in [0.15, 0.2) is 0 Å². The number of carboxylic acid groups (broad SMARTS) is 1. The van der Waals surface area contributed by atoms with Crippen molar-refractivity contribution in [2.75, 3.05) is 6.54 Å². The molecule has 122 valence electrons. The zero-order valence-electron chi connectivity index (χ0n) is 12.8. The van der Waals surface area contributed by atoms with Crippen LogP contribution in [0.3, 0.4) is 0 Å². The lowest BCUT2D eigenvalue weighted by Gasteiger charge is -2.16. The number of amides is 2. The molecule has 2 N–H and O–H groups in total. The Bertz CT molecular complexity index is 622. The first-order valence-electron chi connectivity index (χ1n) is 7.95. The van der Waals surface area contributed by atoms with Crippen LogP contribution in [0.5, 0.6) is 0 Å². The van der Waals surface area contributed by atoms with E-state index in [-0.39, 0.29) is 17.7 Å². The van der Waals surface area contributed by atoms with Gasteiger partial charge in [0, 0.05) is 25.1 Å². The zero-order valence-corrected chi connectivity index (χ0v) is 12.8. The van der Waals surface area contributed by atoms with Crippen molar-refractivity contribution in [3.05, 3.63) is 35.4 Å². The molecule has 0 radical (unpaired) electrons. The van der Waals surface area contributed by atoms with E-state index in [2.05, 4.69) is 5.32 Å². The third-order valence-corrected chi connectivity index (χ3v) is 4.41. The molecule has 6 nitrogen and oxygen atoms in total. The van der Waals surface area contributed by atoms with Crippen molar-refractivity contribution in [3.8, 4) is 0 Å². The third-order valence-electron chi connectivity index (χ3n) is 4.41. The number of nitrogens with zero attached hydrogens (tertiary/aromatic N) is 1. The van der Waals surface area contributed by atoms with Gasteiger partial charge in [0.2, 0.25) is 5.91 Å². The lowest BCUT2D eigenvalue weighted by atomic mass is 10.1. The zero-order chi connectivity index (χ0) is 16.4. The molecule has 1 saturated heterocycles. The van der Waals surface area contributed by atoms with E-state index in [0.29, 0.717) is 18.5 Å². The van der Waals surface area contributed by atoms with Gasteiger partial charge in [-0.1, -0.05) is 12.1 Å². The molecule has 6 heteroatoms. The number of carbonyl (C=O) groups excluding carboxylic acids is 2. The lowest BCUT2D eigenvalue weighted by Crippen LogP contribution is -2.42. The molecule has 1 heterocycles. The molecule has 1 atom stereocenters. The molecule has 0 bridgehead atoms. The van der Waals surface area contributed by atoms with Crippen molar-refractivity contribution in [3.63, 3.8) is 0 Å². The van der Waals surface area contributed by atoms with Gasteiger partial charge in [0.05, 0.1) is 0 Å². The molecule has 2 amide bonds. The second-order valence-corrected chi connectivity index (χ2v) is 6.24. The Morgan fingerprint density at radius 3 is 2.48 bits per heavy atom. The lowest BCUT2D eigenvalue weighted by molar-refractivity contribution is -0.139. The molecule has 0 aromatic heterocycles. The molecular weight excluding hydrogens is 296 g/mol. The number of likely N-dealkylation sites (tertiary alicyclic amines) is 1. The maximum Gasteiger partial charge on any atom is 0.326 e. The normalized spacial score (nSPS) is 18.8. The number of rotatable bonds is 6. The summed E-state index contributed by atoms with van der Waals surface area (Å²) in [6.07, 6.45) is 3.20. The topological polar surface area (TPSA) is 86.7 Å². The van der Waals surface area contributed by atoms with Gasteiger partial charge in [-0.25, -0.2) is 4.79 Å². The number of aliphatic carboxylic acids is 1. The van der Waals surface area contributed by atoms with E-state index >= 15 is 0 Å². The van der Waals surface area contributed by atoms with Crippen molar-refractivity contribution < 1.29 is 19.5 Å². The summed E-state index contributed by atoms with van der Waals surface area (Å²) in [6.45, 7) is 1.34. The molecule has 1 unspecified atom stereocenters. The van der Waals surface area contributed by atoms with Crippen LogP contribution in [0.1, 0.15) is 41.6 Å². The van der Waals surface area contributed by atoms with Crippen molar-refractivity contribution in [2.45, 2.75) is 38.3 Å². The average Bonchev–Trinajstić information content (AvgIpc) is 3.29. The van der Waals surface area contributed by atoms with Crippen molar-refractivity contribution in [1.29, 1.82) is 0 Å². The Kier molecular flexibility index (Phi) is 4.32. The van der Waals surface area contributed by atoms with Crippen molar-refractivity contribution >= 4 is 17.8 Å². The third kappa shape index (κ3) is 3.70. The second-order valence-electron chi connectivity index (χ2n) is 6.24. The molecule has 23 heavy (non-hydrogen) atoms. The summed E-state index contributed by atoms with van der Waals surface area (Å²) in [7, 11) is 0. The summed E-state index contributed by atoms with van der Waals surface area (Å²) < 4.78 is 0. The minimum Gasteiger partial charge on any atom is -0.480 e. The first kappa shape index (κ1) is 15.5. The van der Waals surface area contributed by atoms with Crippen LogP contribution >= 0.6 is 0 Å². The van der Waals surface area contributed by atoms with Crippen LogP contribution in [0.15, 0.2) is 24.3 Å². The highest BCUT2D eigenvalue weighted by atomic mass is 16.4. The van der Waals surface area contributed by atoms with Gasteiger partial charge in [0.25, 0.3) is 5.91 Å². The van der Waals surface area contributed by atoms with Crippen LogP contribution in [-0.4, -0.2) is 40.4 Å². The molecule has 1 saturated carbocycles. The van der Waals surface area contributed by atoms with Gasteiger partial charge in [0.1, 0.15) is 6.04 Å². The molecule has 2 fully saturated rings. The fraction of sp³-hybridized carbons (Fsp3) is 0.471. The van der Waals surface area contributed by atoms with E-state index in [0.717, 1.165) is 31.4 Å². The molecule has 2 aliphatic rings. The van der Waals surface area contributed by atoms with E-state index in [1.54, 1.807) is 12.1 Å². The highest BCUT2D eigenvalue weighted by Crippen LogP contribution is 2.32. The summed E-state index contributed by atoms with van der Waals surface area (Å²) in [5.74, 6) is -1.13. The van der Waals surface area contributed by atoms with Gasteiger partial charge < -0.3 is 15.3 Å². The van der Waals surface area contributed by atoms with E-state index in [4.69, 9.17) is 5.11 Å². The van der Waals surface area contributed by atoms with E-state index < -0.39 is 12.0 Å². The first-order valence-corrected chi connectivity index (χ1v) is 7.95. The Hall–Kier alpha value is -2.37. The van der Waals surface area contributed by atoms with Gasteiger partial charge in [-0.3, -0.25) is 9.59 Å². The Balaban J connectivity index is 1.60. The van der Waals surface area contributed by atoms with Crippen LogP contribution in [-0.2, 0) is 16.1 Å². The molecule has 3 rings (SSSR count). The Labute approximate surface area is 134 Å². The smallest absolute Gasteiger partial charge is 0.326 e. The fourth-order valence-electron chi connectivity index (χ4n) is 2.89. The summed E-state index contributed by atoms with van der Waals surface area (Å²) in [6, 6.07) is 6.18. The highest BCUT2D eigenvalue weighted by Gasteiger charge is 2.37. The number of nitrogens with one attached hydrogen (secondary N) is 1. The van der Waals surface area contributed by atoms with Crippen LogP contribution < -0.4 is 5.32 Å². The number of benzene rings is 1. The molecule has 1 aromatic rings. The minimum absolute atomic E-state index is 0.0527. The van der Waals surface area contributed by atoms with Crippen LogP contribution in [0.25, 0.3) is 0 Å². The quantitative estimate of drug-likeness (QED) is 0.830. The summed E-state index contributed by atoms with van der Waals surface area (Å²) in [5, 5.41) is 11.7. The monoisotopic (exact) mass is 316 g/mol. The van der Waals surface area contributed by atoms with E-state index in [9.17, 15) is 14.4 Å². The average molecular weight is 316 g/mol. The molecule has 0 spiro atoms. The highest BCUT2D eigenvalue weighted by molar-refractivity contribution is 5.96. The molecular formula is C17H20N2O4. The fourth-order valence-corrected chi connectivity index (χ4v) is 2.89. The van der Waals surface area contributed by atoms with Gasteiger partial charge in [-0.2, -0.15) is 0 Å². The van der Waals surface area contributed by atoms with Crippen LogP contribution in [0.4, 0.5) is 0 Å². The predicted molar refractivity (Wildman–Crippen MR) is 82.7 cm³/mol. The van der Waals surface area contributed by atoms with Gasteiger partial charge >= 0.3 is 5.97 Å². The van der Waals surface area contributed by atoms with Gasteiger partial charge in [-0.15, -0.1) is 0 Å². The van der Waals surface area contributed by atoms with Crippen LogP contribution in [0.2, 0.25) is 0 Å². The number of carboxylic acids is 1. The summed E-state index contributed by atoms with van der Waals surface area (Å²) in [4.78, 5) is 36.8. The van der Waals surface area contributed by atoms with Crippen LogP contribution in [0, 0.1) is 5.92 Å². The van der Waals surface area contributed by atoms with Crippen molar-refractivity contribution in [1.82, 2.24) is 10.2 Å². The maximum atomic E-state index is 12.2. The number of hydrogen-bond acceptors (Lipinski definition) is 3. The van der Waals surface area contributed by atoms with E-state index in [1.807, 2.05) is 17.0 Å². The predicted octanol–water partition coefficient (Wildman–Crippen LogP) is 1.40. The SMILES string of the molecule is O=C(NC(C(=O)O)C1CC1)c1ccc(CN2CCCC2=O)cc1. The van der Waals surface area contributed by atoms with Crippen molar-refractivity contribution in [2.24, 2.45) is 5.92 Å². The number of carbonyl (C=O) groups is 3. The Morgan fingerprint density at radius 2 is 1.96 bits per heavy atom. The molecule has 1 aliphatic heterocycles. The van der Waals surface area contributed by atoms with E-state index in [1.165, 1.54) is 0 Å². The molecule has 1 aromatic carbocycles. The number of hydrogen-bond donors (Lipinski definition) is 2. The summed E-state index contributed by atoms with van der Waals surface area (Å²) in [5.41, 5.74) is 1.40.